The van der Waals surface area contributed by atoms with Gasteiger partial charge in [0, 0.05) is 102 Å². The third-order valence-electron chi connectivity index (χ3n) is 14.8. The molecule has 0 bridgehead atoms. The summed E-state index contributed by atoms with van der Waals surface area (Å²) in [6.07, 6.45) is 8.62. The van der Waals surface area contributed by atoms with Crippen molar-refractivity contribution in [2.75, 3.05) is 88.4 Å². The number of nitriles is 1. The summed E-state index contributed by atoms with van der Waals surface area (Å²) < 4.78 is 38.4. The van der Waals surface area contributed by atoms with Gasteiger partial charge < -0.3 is 24.8 Å². The van der Waals surface area contributed by atoms with Crippen molar-refractivity contribution in [1.29, 1.82) is 5.26 Å². The quantitative estimate of drug-likeness (QED) is 0.149. The maximum Gasteiger partial charge on any atom is 0.329 e. The van der Waals surface area contributed by atoms with Crippen LogP contribution in [0.2, 0.25) is 0 Å². The number of fused-ring (bicyclic) bond motifs is 2. The molecule has 374 valence electrons. The van der Waals surface area contributed by atoms with Crippen LogP contribution in [-0.4, -0.2) is 147 Å². The Balaban J connectivity index is 0.738. The Morgan fingerprint density at radius 3 is 2.44 bits per heavy atom. The summed E-state index contributed by atoms with van der Waals surface area (Å²) in [6, 6.07) is 16.7. The highest BCUT2D eigenvalue weighted by molar-refractivity contribution is 6.09. The van der Waals surface area contributed by atoms with Crippen molar-refractivity contribution in [2.45, 2.75) is 56.9 Å². The number of urea groups is 1. The van der Waals surface area contributed by atoms with E-state index in [9.17, 15) is 33.2 Å². The molecule has 6 aromatic rings. The summed E-state index contributed by atoms with van der Waals surface area (Å²) in [4.78, 5) is 66.6. The van der Waals surface area contributed by atoms with Gasteiger partial charge >= 0.3 is 6.03 Å². The van der Waals surface area contributed by atoms with Crippen molar-refractivity contribution in [2.24, 2.45) is 7.05 Å². The molecule has 0 spiro atoms. The van der Waals surface area contributed by atoms with Crippen LogP contribution in [0.3, 0.4) is 0 Å². The van der Waals surface area contributed by atoms with Gasteiger partial charge in [-0.15, -0.1) is 0 Å². The highest BCUT2D eigenvalue weighted by Crippen LogP contribution is 2.36. The van der Waals surface area contributed by atoms with Gasteiger partial charge in [-0.25, -0.2) is 23.1 Å². The standard InChI is InChI=1S/C52H57F2N13O5/c1-3-72-39-28-41(48-37(29-55)31-57-67(48)32-39)36-5-9-45(56-30-36)64-20-14-52(15-21-64,59-50(70)42-27-38(53)6-8-43(42)54)33-63-22-24-65(25-23-63)47(69)13-18-62-16-10-34(11-17-62)35-4-7-40-44(26-35)61(2)60-49(40)66-19-12-46(68)58-51(66)71/h4-9,26-28,30-32,34H,3,10-25,33H2,1-2H3,(H,59,70)(H,58,68,71). The second-order valence-corrected chi connectivity index (χ2v) is 19.2. The van der Waals surface area contributed by atoms with Crippen molar-refractivity contribution >= 4 is 51.8 Å². The van der Waals surface area contributed by atoms with E-state index in [2.05, 4.69) is 53.7 Å². The minimum Gasteiger partial charge on any atom is -0.492 e. The molecule has 5 amide bonds. The summed E-state index contributed by atoms with van der Waals surface area (Å²) in [6.45, 7) is 8.90. The van der Waals surface area contributed by atoms with E-state index in [-0.39, 0.29) is 30.3 Å². The van der Waals surface area contributed by atoms with E-state index in [1.807, 2.05) is 43.1 Å². The number of nitrogens with zero attached hydrogens (tertiary/aromatic N) is 11. The van der Waals surface area contributed by atoms with Crippen LogP contribution in [0.25, 0.3) is 27.5 Å². The van der Waals surface area contributed by atoms with Crippen molar-refractivity contribution < 1.29 is 32.7 Å². The highest BCUT2D eigenvalue weighted by atomic mass is 19.1. The number of benzene rings is 2. The Kier molecular flexibility index (Phi) is 13.6. The molecule has 0 radical (unpaired) electrons. The van der Waals surface area contributed by atoms with Gasteiger partial charge in [0.1, 0.15) is 29.3 Å². The Labute approximate surface area is 415 Å². The van der Waals surface area contributed by atoms with Gasteiger partial charge in [-0.2, -0.15) is 15.5 Å². The first-order valence-electron chi connectivity index (χ1n) is 24.7. The minimum atomic E-state index is -0.797. The summed E-state index contributed by atoms with van der Waals surface area (Å²) >= 11 is 0. The van der Waals surface area contributed by atoms with Gasteiger partial charge in [-0.3, -0.25) is 34.2 Å². The topological polar surface area (TPSA) is 190 Å². The number of carbonyl (C=O) groups excluding carboxylic acids is 4. The van der Waals surface area contributed by atoms with Crippen molar-refractivity contribution in [3.8, 4) is 22.9 Å². The Morgan fingerprint density at radius 1 is 0.931 bits per heavy atom. The molecule has 0 saturated carbocycles. The van der Waals surface area contributed by atoms with E-state index in [0.29, 0.717) is 107 Å². The van der Waals surface area contributed by atoms with Crippen LogP contribution >= 0.6 is 0 Å². The van der Waals surface area contributed by atoms with Gasteiger partial charge in [-0.1, -0.05) is 6.07 Å². The number of imide groups is 1. The lowest BCUT2D eigenvalue weighted by atomic mass is 9.86. The number of piperidine rings is 2. The molecule has 18 nitrogen and oxygen atoms in total. The van der Waals surface area contributed by atoms with Crippen LogP contribution in [0.15, 0.2) is 73.2 Å². The lowest BCUT2D eigenvalue weighted by Gasteiger charge is -2.46. The minimum absolute atomic E-state index is 0.111. The first kappa shape index (κ1) is 48.1. The van der Waals surface area contributed by atoms with Crippen LogP contribution in [0.5, 0.6) is 5.75 Å². The zero-order valence-corrected chi connectivity index (χ0v) is 40.4. The molecular formula is C52H57F2N13O5. The van der Waals surface area contributed by atoms with E-state index < -0.39 is 29.1 Å². The largest absolute Gasteiger partial charge is 0.492 e. The third-order valence-corrected chi connectivity index (χ3v) is 14.8. The molecular weight excluding hydrogens is 925 g/mol. The number of amides is 5. The average molecular weight is 982 g/mol. The number of carbonyl (C=O) groups is 4. The number of aromatic nitrogens is 5. The number of ether oxygens (including phenoxy) is 1. The van der Waals surface area contributed by atoms with Crippen LogP contribution in [0.4, 0.5) is 25.2 Å². The predicted molar refractivity (Wildman–Crippen MR) is 265 cm³/mol. The number of piperazine rings is 1. The lowest BCUT2D eigenvalue weighted by Crippen LogP contribution is -2.62. The first-order chi connectivity index (χ1) is 34.9. The number of anilines is 2. The molecule has 4 aliphatic rings. The van der Waals surface area contributed by atoms with Crippen molar-refractivity contribution in [1.82, 2.24) is 49.7 Å². The number of nitrogens with one attached hydrogen (secondary N) is 2. The second-order valence-electron chi connectivity index (χ2n) is 19.2. The maximum atomic E-state index is 14.9. The van der Waals surface area contributed by atoms with E-state index in [1.54, 1.807) is 21.6 Å². The Morgan fingerprint density at radius 2 is 1.72 bits per heavy atom. The molecule has 8 heterocycles. The molecule has 0 aliphatic carbocycles. The highest BCUT2D eigenvalue weighted by Gasteiger charge is 2.40. The van der Waals surface area contributed by atoms with Gasteiger partial charge in [-0.05, 0) is 106 Å². The molecule has 10 rings (SSSR count). The SMILES string of the molecule is CCOc1cc(-c2ccc(N3CCC(CN4CCN(C(=O)CCN5CCC(c6ccc7c(N8CCC(=O)NC8=O)nn(C)c7c6)CC5)CC4)(NC(=O)c4cc(F)ccc4F)CC3)nc2)c2c(C#N)cnn2c1. The third kappa shape index (κ3) is 9.90. The van der Waals surface area contributed by atoms with Gasteiger partial charge in [0.05, 0.1) is 46.7 Å². The molecule has 4 fully saturated rings. The molecule has 72 heavy (non-hydrogen) atoms. The van der Waals surface area contributed by atoms with E-state index in [4.69, 9.17) is 9.72 Å². The number of halogens is 2. The molecule has 4 saturated heterocycles. The number of hydrogen-bond donors (Lipinski definition) is 2. The average Bonchev–Trinajstić information content (AvgIpc) is 3.96. The fraction of sp³-hybridized carbons (Fsp3) is 0.423. The normalized spacial score (nSPS) is 18.1. The monoisotopic (exact) mass is 981 g/mol. The number of likely N-dealkylation sites (tertiary alicyclic amines) is 1. The van der Waals surface area contributed by atoms with E-state index in [1.165, 1.54) is 16.7 Å². The molecule has 0 unspecified atom stereocenters. The fourth-order valence-electron chi connectivity index (χ4n) is 10.8. The fourth-order valence-corrected chi connectivity index (χ4v) is 10.8. The summed E-state index contributed by atoms with van der Waals surface area (Å²) in [5.74, 6) is -0.0940. The predicted octanol–water partition coefficient (Wildman–Crippen LogP) is 5.46. The van der Waals surface area contributed by atoms with Crippen molar-refractivity contribution in [3.63, 3.8) is 0 Å². The van der Waals surface area contributed by atoms with E-state index in [0.717, 1.165) is 72.0 Å². The zero-order chi connectivity index (χ0) is 50.1. The molecule has 2 aromatic carbocycles. The molecule has 4 aromatic heterocycles. The number of hydrogen-bond acceptors (Lipinski definition) is 12. The van der Waals surface area contributed by atoms with Crippen LogP contribution < -0.4 is 25.2 Å². The number of aryl methyl sites for hydroxylation is 1. The van der Waals surface area contributed by atoms with Gasteiger partial charge in [0.25, 0.3) is 5.91 Å². The second kappa shape index (κ2) is 20.3. The summed E-state index contributed by atoms with van der Waals surface area (Å²) in [7, 11) is 1.86. The first-order valence-corrected chi connectivity index (χ1v) is 24.7. The summed E-state index contributed by atoms with van der Waals surface area (Å²) in [5.41, 5.74) is 3.67. The number of rotatable bonds is 13. The molecule has 20 heteroatoms. The number of pyridine rings is 2. The van der Waals surface area contributed by atoms with Crippen LogP contribution in [0, 0.1) is 23.0 Å². The van der Waals surface area contributed by atoms with Crippen molar-refractivity contribution in [3.05, 3.63) is 102 Å². The molecule has 2 N–H and O–H groups in total. The maximum absolute atomic E-state index is 14.9. The van der Waals surface area contributed by atoms with Gasteiger partial charge in [0.15, 0.2) is 5.82 Å². The Bertz CT molecular complexity index is 3070. The Hall–Kier alpha value is -7.50. The van der Waals surface area contributed by atoms with Crippen LogP contribution in [0.1, 0.15) is 72.9 Å². The van der Waals surface area contributed by atoms with E-state index >= 15 is 0 Å². The zero-order valence-electron chi connectivity index (χ0n) is 40.4. The van der Waals surface area contributed by atoms with Gasteiger partial charge in [0.2, 0.25) is 11.8 Å². The molecule has 4 aliphatic heterocycles. The lowest BCUT2D eigenvalue weighted by molar-refractivity contribution is -0.133. The smallest absolute Gasteiger partial charge is 0.329 e. The van der Waals surface area contributed by atoms with Crippen LogP contribution in [-0.2, 0) is 16.6 Å². The summed E-state index contributed by atoms with van der Waals surface area (Å²) in [5, 5.41) is 25.2. The molecule has 0 atom stereocenters.